The molecule has 0 amide bonds. The molecule has 2 fully saturated rings. The number of hydrogen-bond donors (Lipinski definition) is 5. The van der Waals surface area contributed by atoms with Gasteiger partial charge in [0.05, 0.1) is 13.2 Å². The average Bonchev–Trinajstić information content (AvgIpc) is 3.12. The van der Waals surface area contributed by atoms with Crippen LogP contribution < -0.4 is 9.47 Å². The van der Waals surface area contributed by atoms with Gasteiger partial charge >= 0.3 is 11.9 Å². The van der Waals surface area contributed by atoms with Gasteiger partial charge in [-0.15, -0.1) is 0 Å². The summed E-state index contributed by atoms with van der Waals surface area (Å²) >= 11 is 0. The molecule has 2 aliphatic carbocycles. The molecule has 1 saturated carbocycles. The maximum atomic E-state index is 10.6. The molecule has 1 aromatic rings. The SMILES string of the molecule is COc1ccc2c3c1O[C@H]1[C@H](O)CC[C@H]4[C@@H](C2)N(C)CC[C@@]341.O=C(O)[C@H](O)[C@@H](O)C(=O)O. The first-order valence-corrected chi connectivity index (χ1v) is 10.7. The molecule has 0 radical (unpaired) electrons. The summed E-state index contributed by atoms with van der Waals surface area (Å²) in [5, 5.41) is 43.2. The Balaban J connectivity index is 0.000000211. The Morgan fingerprint density at radius 1 is 1.19 bits per heavy atom. The molecule has 2 aliphatic heterocycles. The van der Waals surface area contributed by atoms with Crippen molar-refractivity contribution in [1.29, 1.82) is 0 Å². The third kappa shape index (κ3) is 3.24. The lowest BCUT2D eigenvalue weighted by Crippen LogP contribution is -2.66. The quantitative estimate of drug-likeness (QED) is 0.408. The lowest BCUT2D eigenvalue weighted by atomic mass is 9.51. The Bertz CT molecular complexity index is 903. The molecule has 0 unspecified atom stereocenters. The van der Waals surface area contributed by atoms with E-state index in [4.69, 9.17) is 29.9 Å². The van der Waals surface area contributed by atoms with Crippen LogP contribution in [0.4, 0.5) is 0 Å². The summed E-state index contributed by atoms with van der Waals surface area (Å²) in [6, 6.07) is 4.83. The third-order valence-electron chi connectivity index (χ3n) is 7.57. The Morgan fingerprint density at radius 3 is 2.44 bits per heavy atom. The summed E-state index contributed by atoms with van der Waals surface area (Å²) in [6.07, 6.45) is -0.841. The Morgan fingerprint density at radius 2 is 1.84 bits per heavy atom. The number of aliphatic hydroxyl groups excluding tert-OH is 3. The molecule has 1 spiro atoms. The van der Waals surface area contributed by atoms with Crippen molar-refractivity contribution in [3.05, 3.63) is 23.3 Å². The molecule has 2 heterocycles. The molecule has 5 rings (SSSR count). The molecular weight excluding hydrogens is 422 g/mol. The maximum absolute atomic E-state index is 10.6. The van der Waals surface area contributed by atoms with Crippen LogP contribution in [0.1, 0.15) is 30.4 Å². The fourth-order valence-corrected chi connectivity index (χ4v) is 6.13. The van der Waals surface area contributed by atoms with Gasteiger partial charge < -0.3 is 39.9 Å². The number of likely N-dealkylation sites (N-methyl/N-ethyl adjacent to an activating group) is 1. The first-order chi connectivity index (χ1) is 15.1. The highest BCUT2D eigenvalue weighted by Gasteiger charge is 2.65. The van der Waals surface area contributed by atoms with Gasteiger partial charge in [-0.2, -0.15) is 0 Å². The summed E-state index contributed by atoms with van der Waals surface area (Å²) < 4.78 is 11.9. The van der Waals surface area contributed by atoms with Gasteiger partial charge in [0.2, 0.25) is 0 Å². The second-order valence-corrected chi connectivity index (χ2v) is 9.03. The number of methoxy groups -OCH3 is 1. The molecule has 176 valence electrons. The minimum atomic E-state index is -2.27. The van der Waals surface area contributed by atoms with Gasteiger partial charge in [-0.1, -0.05) is 6.07 Å². The van der Waals surface area contributed by atoms with Gasteiger partial charge in [-0.25, -0.2) is 9.59 Å². The number of nitrogens with zero attached hydrogens (tertiary/aromatic N) is 1. The van der Waals surface area contributed by atoms with Crippen molar-refractivity contribution in [2.45, 2.75) is 61.6 Å². The van der Waals surface area contributed by atoms with Gasteiger partial charge in [0.1, 0.15) is 6.10 Å². The highest BCUT2D eigenvalue weighted by atomic mass is 16.5. The second kappa shape index (κ2) is 8.18. The predicted molar refractivity (Wildman–Crippen MR) is 110 cm³/mol. The third-order valence-corrected chi connectivity index (χ3v) is 7.57. The number of carbonyl (C=O) groups is 2. The lowest BCUT2D eigenvalue weighted by Gasteiger charge is -2.58. The first kappa shape index (κ1) is 22.8. The summed E-state index contributed by atoms with van der Waals surface area (Å²) in [7, 11) is 3.96. The number of rotatable bonds is 4. The molecule has 1 saturated heterocycles. The Labute approximate surface area is 185 Å². The van der Waals surface area contributed by atoms with Gasteiger partial charge in [0.25, 0.3) is 0 Å². The van der Waals surface area contributed by atoms with Crippen molar-refractivity contribution < 1.29 is 44.6 Å². The van der Waals surface area contributed by atoms with Gasteiger partial charge in [-0.05, 0) is 56.8 Å². The summed E-state index contributed by atoms with van der Waals surface area (Å²) in [5.41, 5.74) is 2.77. The highest BCUT2D eigenvalue weighted by molar-refractivity contribution is 5.83. The number of benzene rings is 1. The molecule has 1 aromatic carbocycles. The fraction of sp³-hybridized carbons (Fsp3) is 0.636. The van der Waals surface area contributed by atoms with Crippen molar-refractivity contribution in [2.24, 2.45) is 5.92 Å². The zero-order valence-electron chi connectivity index (χ0n) is 18.0. The Hall–Kier alpha value is -2.40. The van der Waals surface area contributed by atoms with Crippen LogP contribution in [-0.2, 0) is 21.4 Å². The molecule has 2 bridgehead atoms. The monoisotopic (exact) mass is 451 g/mol. The minimum Gasteiger partial charge on any atom is -0.493 e. The molecule has 10 nitrogen and oxygen atoms in total. The van der Waals surface area contributed by atoms with Crippen molar-refractivity contribution >= 4 is 11.9 Å². The average molecular weight is 451 g/mol. The van der Waals surface area contributed by atoms with Crippen molar-refractivity contribution in [2.75, 3.05) is 20.7 Å². The lowest BCUT2D eigenvalue weighted by molar-refractivity contribution is -0.165. The van der Waals surface area contributed by atoms with E-state index in [0.717, 1.165) is 43.7 Å². The van der Waals surface area contributed by atoms with Gasteiger partial charge in [0.15, 0.2) is 23.7 Å². The van der Waals surface area contributed by atoms with Crippen LogP contribution in [0.5, 0.6) is 11.5 Å². The van der Waals surface area contributed by atoms with E-state index in [9.17, 15) is 14.7 Å². The largest absolute Gasteiger partial charge is 0.493 e. The molecule has 0 aromatic heterocycles. The van der Waals surface area contributed by atoms with Gasteiger partial charge in [-0.3, -0.25) is 0 Å². The van der Waals surface area contributed by atoms with Gasteiger partial charge in [0, 0.05) is 17.0 Å². The normalized spacial score (nSPS) is 33.7. The van der Waals surface area contributed by atoms with Crippen LogP contribution in [0, 0.1) is 5.92 Å². The number of ether oxygens (including phenoxy) is 2. The number of aliphatic carboxylic acids is 2. The van der Waals surface area contributed by atoms with E-state index in [-0.39, 0.29) is 17.6 Å². The van der Waals surface area contributed by atoms with Crippen LogP contribution in [0.25, 0.3) is 0 Å². The summed E-state index contributed by atoms with van der Waals surface area (Å²) in [6.45, 7) is 1.09. The van der Waals surface area contributed by atoms with E-state index in [1.807, 2.05) is 6.07 Å². The van der Waals surface area contributed by atoms with E-state index in [1.165, 1.54) is 11.1 Å². The molecule has 7 atom stereocenters. The van der Waals surface area contributed by atoms with E-state index in [0.29, 0.717) is 12.0 Å². The summed E-state index contributed by atoms with van der Waals surface area (Å²) in [5.74, 6) is -1.20. The first-order valence-electron chi connectivity index (χ1n) is 10.7. The van der Waals surface area contributed by atoms with Crippen molar-refractivity contribution in [3.63, 3.8) is 0 Å². The van der Waals surface area contributed by atoms with E-state index >= 15 is 0 Å². The number of carboxylic acids is 2. The van der Waals surface area contributed by atoms with Crippen molar-refractivity contribution in [1.82, 2.24) is 4.90 Å². The molecule has 4 aliphatic rings. The zero-order chi connectivity index (χ0) is 23.4. The zero-order valence-corrected chi connectivity index (χ0v) is 18.0. The topological polar surface area (TPSA) is 157 Å². The van der Waals surface area contributed by atoms with E-state index in [2.05, 4.69) is 18.0 Å². The standard InChI is InChI=1S/C18H23NO3.C4H6O6/c1-19-8-7-18-11-4-5-13(20)17(18)22-16-14(21-2)6-3-10(15(16)18)9-12(11)19;5-1(3(7)8)2(6)4(9)10/h3,6,11-13,17,20H,4-5,7-9H2,1-2H3;1-2,5-6H,(H,7,8)(H,9,10)/t11-,12+,13+,17-,18-;1-,2-/m01/s1. The molecular formula is C22H29NO9. The van der Waals surface area contributed by atoms with E-state index < -0.39 is 24.1 Å². The smallest absolute Gasteiger partial charge is 0.335 e. The maximum Gasteiger partial charge on any atom is 0.335 e. The highest BCUT2D eigenvalue weighted by Crippen LogP contribution is 2.63. The predicted octanol–water partition coefficient (Wildman–Crippen LogP) is -0.397. The van der Waals surface area contributed by atoms with Crippen LogP contribution in [0.15, 0.2) is 12.1 Å². The number of carboxylic acid groups (broad SMARTS) is 2. The summed E-state index contributed by atoms with van der Waals surface area (Å²) in [4.78, 5) is 22.1. The van der Waals surface area contributed by atoms with Crippen LogP contribution in [0.3, 0.4) is 0 Å². The van der Waals surface area contributed by atoms with Crippen molar-refractivity contribution in [3.8, 4) is 11.5 Å². The number of likely N-dealkylation sites (tertiary alicyclic amines) is 1. The van der Waals surface area contributed by atoms with Crippen LogP contribution in [-0.4, -0.2) is 93.5 Å². The number of hydrogen-bond acceptors (Lipinski definition) is 8. The fourth-order valence-electron chi connectivity index (χ4n) is 6.13. The second-order valence-electron chi connectivity index (χ2n) is 9.03. The number of piperidine rings is 1. The van der Waals surface area contributed by atoms with Crippen LogP contribution >= 0.6 is 0 Å². The van der Waals surface area contributed by atoms with Crippen LogP contribution in [0.2, 0.25) is 0 Å². The minimum absolute atomic E-state index is 0.00625. The molecule has 10 heteroatoms. The molecule has 32 heavy (non-hydrogen) atoms. The van der Waals surface area contributed by atoms with E-state index in [1.54, 1.807) is 7.11 Å². The molecule has 5 N–H and O–H groups in total. The number of aliphatic hydroxyl groups is 3. The Kier molecular flexibility index (Phi) is 5.83.